The summed E-state index contributed by atoms with van der Waals surface area (Å²) in [5.41, 5.74) is -0.884. The molecule has 74 valence electrons. The van der Waals surface area contributed by atoms with Crippen LogP contribution in [0.3, 0.4) is 0 Å². The summed E-state index contributed by atoms with van der Waals surface area (Å²) in [7, 11) is 0. The predicted molar refractivity (Wildman–Crippen MR) is 52.2 cm³/mol. The average Bonchev–Trinajstić information content (AvgIpc) is 2.04. The van der Waals surface area contributed by atoms with E-state index in [1.54, 1.807) is 25.2 Å². The highest BCUT2D eigenvalue weighted by Gasteiger charge is 2.20. The monoisotopic (exact) mass is 185 g/mol. The van der Waals surface area contributed by atoms with Gasteiger partial charge in [0.05, 0.1) is 5.54 Å². The van der Waals surface area contributed by atoms with Crippen molar-refractivity contribution in [2.75, 3.05) is 6.67 Å². The molecule has 0 bridgehead atoms. The van der Waals surface area contributed by atoms with Crippen molar-refractivity contribution >= 4 is 5.91 Å². The molecule has 0 heterocycles. The molecule has 2 nitrogen and oxygen atoms in total. The maximum Gasteiger partial charge on any atom is 0.217 e. The molecule has 0 aromatic carbocycles. The molecule has 0 spiro atoms. The first-order chi connectivity index (χ1) is 6.04. The van der Waals surface area contributed by atoms with Gasteiger partial charge in [0.1, 0.15) is 6.67 Å². The Labute approximate surface area is 78.5 Å². The fourth-order valence-electron chi connectivity index (χ4n) is 0.901. The van der Waals surface area contributed by atoms with E-state index in [1.165, 1.54) is 6.92 Å². The van der Waals surface area contributed by atoms with Gasteiger partial charge in [-0.05, 0) is 13.8 Å². The van der Waals surface area contributed by atoms with Crippen molar-refractivity contribution in [2.45, 2.75) is 26.3 Å². The van der Waals surface area contributed by atoms with Crippen LogP contribution in [-0.2, 0) is 4.79 Å². The topological polar surface area (TPSA) is 29.1 Å². The minimum Gasteiger partial charge on any atom is -0.345 e. The number of nitrogens with one attached hydrogen (secondary N) is 1. The molecule has 0 aromatic rings. The average molecular weight is 185 g/mol. The number of hydrogen-bond acceptors (Lipinski definition) is 1. The molecule has 0 saturated carbocycles. The second-order valence-corrected chi connectivity index (χ2v) is 3.12. The fraction of sp³-hybridized carbons (Fsp3) is 0.500. The second-order valence-electron chi connectivity index (χ2n) is 3.12. The summed E-state index contributed by atoms with van der Waals surface area (Å²) in [6, 6.07) is 0. The number of alkyl halides is 1. The molecule has 0 saturated heterocycles. The molecule has 13 heavy (non-hydrogen) atoms. The molecule has 0 aliphatic heterocycles. The smallest absolute Gasteiger partial charge is 0.217 e. The Hall–Kier alpha value is -1.12. The number of allylic oxidation sites excluding steroid dienone is 3. The zero-order valence-electron chi connectivity index (χ0n) is 8.30. The Balaban J connectivity index is 4.35. The molecule has 1 atom stereocenters. The van der Waals surface area contributed by atoms with Crippen molar-refractivity contribution in [1.29, 1.82) is 0 Å². The zero-order chi connectivity index (χ0) is 10.3. The lowest BCUT2D eigenvalue weighted by atomic mass is 10.0. The molecule has 0 aliphatic carbocycles. The molecule has 1 amide bonds. The van der Waals surface area contributed by atoms with Crippen LogP contribution in [0.1, 0.15) is 20.8 Å². The van der Waals surface area contributed by atoms with Crippen molar-refractivity contribution in [3.8, 4) is 0 Å². The normalized spacial score (nSPS) is 16.3. The van der Waals surface area contributed by atoms with Crippen molar-refractivity contribution in [3.05, 3.63) is 24.3 Å². The third-order valence-corrected chi connectivity index (χ3v) is 1.51. The number of halogens is 1. The van der Waals surface area contributed by atoms with E-state index in [2.05, 4.69) is 5.32 Å². The van der Waals surface area contributed by atoms with E-state index in [0.29, 0.717) is 0 Å². The Morgan fingerprint density at radius 1 is 1.54 bits per heavy atom. The first-order valence-electron chi connectivity index (χ1n) is 4.19. The van der Waals surface area contributed by atoms with Crippen molar-refractivity contribution in [3.63, 3.8) is 0 Å². The molecule has 0 aromatic heterocycles. The van der Waals surface area contributed by atoms with E-state index in [9.17, 15) is 9.18 Å². The predicted octanol–water partition coefficient (Wildman–Crippen LogP) is 1.98. The third-order valence-electron chi connectivity index (χ3n) is 1.51. The molecule has 1 N–H and O–H groups in total. The Kier molecular flexibility index (Phi) is 5.04. The summed E-state index contributed by atoms with van der Waals surface area (Å²) in [6.07, 6.45) is 6.97. The molecule has 1 unspecified atom stereocenters. The second kappa shape index (κ2) is 5.51. The van der Waals surface area contributed by atoms with Crippen LogP contribution < -0.4 is 5.32 Å². The van der Waals surface area contributed by atoms with E-state index in [-0.39, 0.29) is 5.91 Å². The number of rotatable bonds is 4. The lowest BCUT2D eigenvalue weighted by molar-refractivity contribution is -0.120. The van der Waals surface area contributed by atoms with Crippen LogP contribution in [-0.4, -0.2) is 18.1 Å². The van der Waals surface area contributed by atoms with E-state index >= 15 is 0 Å². The van der Waals surface area contributed by atoms with Crippen LogP contribution in [0.4, 0.5) is 4.39 Å². The molecule has 0 fully saturated rings. The fourth-order valence-corrected chi connectivity index (χ4v) is 0.901. The first-order valence-corrected chi connectivity index (χ1v) is 4.19. The standard InChI is InChI=1S/C10H16FNO/c1-4-5-6-7-10(3,8-11)12-9(2)13/h4-7H,8H2,1-3H3,(H,12,13). The minimum absolute atomic E-state index is 0.231. The molecule has 0 radical (unpaired) electrons. The number of amides is 1. The zero-order valence-corrected chi connectivity index (χ0v) is 8.30. The van der Waals surface area contributed by atoms with E-state index in [1.807, 2.05) is 13.0 Å². The van der Waals surface area contributed by atoms with Crippen LogP contribution in [0.2, 0.25) is 0 Å². The highest BCUT2D eigenvalue weighted by molar-refractivity contribution is 5.74. The van der Waals surface area contributed by atoms with Crippen LogP contribution in [0.5, 0.6) is 0 Å². The summed E-state index contributed by atoms with van der Waals surface area (Å²) in [5.74, 6) is -0.231. The Morgan fingerprint density at radius 2 is 2.15 bits per heavy atom. The molecular weight excluding hydrogens is 169 g/mol. The summed E-state index contributed by atoms with van der Waals surface area (Å²) in [4.78, 5) is 10.7. The Bertz CT molecular complexity index is 223. The number of carbonyl (C=O) groups is 1. The van der Waals surface area contributed by atoms with Gasteiger partial charge < -0.3 is 5.32 Å². The van der Waals surface area contributed by atoms with Gasteiger partial charge in [0.25, 0.3) is 0 Å². The summed E-state index contributed by atoms with van der Waals surface area (Å²) >= 11 is 0. The highest BCUT2D eigenvalue weighted by Crippen LogP contribution is 2.06. The van der Waals surface area contributed by atoms with Gasteiger partial charge in [-0.3, -0.25) is 4.79 Å². The van der Waals surface area contributed by atoms with Gasteiger partial charge >= 0.3 is 0 Å². The van der Waals surface area contributed by atoms with Gasteiger partial charge in [0.2, 0.25) is 5.91 Å². The van der Waals surface area contributed by atoms with Crippen molar-refractivity contribution in [1.82, 2.24) is 5.32 Å². The van der Waals surface area contributed by atoms with Crippen molar-refractivity contribution in [2.24, 2.45) is 0 Å². The van der Waals surface area contributed by atoms with Gasteiger partial charge in [-0.2, -0.15) is 0 Å². The van der Waals surface area contributed by atoms with Gasteiger partial charge in [-0.15, -0.1) is 0 Å². The largest absolute Gasteiger partial charge is 0.345 e. The van der Waals surface area contributed by atoms with Gasteiger partial charge in [0, 0.05) is 6.92 Å². The molecular formula is C10H16FNO. The first kappa shape index (κ1) is 11.9. The molecule has 0 aliphatic rings. The van der Waals surface area contributed by atoms with Crippen LogP contribution in [0.15, 0.2) is 24.3 Å². The van der Waals surface area contributed by atoms with Crippen LogP contribution >= 0.6 is 0 Å². The van der Waals surface area contributed by atoms with E-state index in [4.69, 9.17) is 0 Å². The highest BCUT2D eigenvalue weighted by atomic mass is 19.1. The lowest BCUT2D eigenvalue weighted by Gasteiger charge is -2.22. The van der Waals surface area contributed by atoms with Crippen LogP contribution in [0, 0.1) is 0 Å². The third kappa shape index (κ3) is 5.17. The maximum absolute atomic E-state index is 12.5. The van der Waals surface area contributed by atoms with Crippen molar-refractivity contribution < 1.29 is 9.18 Å². The molecule has 0 rings (SSSR count). The minimum atomic E-state index is -0.884. The van der Waals surface area contributed by atoms with Gasteiger partial charge in [-0.25, -0.2) is 4.39 Å². The molecule has 3 heteroatoms. The van der Waals surface area contributed by atoms with E-state index in [0.717, 1.165) is 0 Å². The summed E-state index contributed by atoms with van der Waals surface area (Å²) in [5, 5.41) is 2.53. The number of carbonyl (C=O) groups excluding carboxylic acids is 1. The maximum atomic E-state index is 12.5. The SMILES string of the molecule is CC=CC=CC(C)(CF)NC(C)=O. The van der Waals surface area contributed by atoms with Gasteiger partial charge in [0.15, 0.2) is 0 Å². The lowest BCUT2D eigenvalue weighted by Crippen LogP contribution is -2.45. The van der Waals surface area contributed by atoms with Gasteiger partial charge in [-0.1, -0.05) is 24.3 Å². The van der Waals surface area contributed by atoms with E-state index < -0.39 is 12.2 Å². The number of hydrogen-bond donors (Lipinski definition) is 1. The summed E-state index contributed by atoms with van der Waals surface area (Å²) in [6.45, 7) is 4.27. The van der Waals surface area contributed by atoms with Crippen LogP contribution in [0.25, 0.3) is 0 Å². The summed E-state index contributed by atoms with van der Waals surface area (Å²) < 4.78 is 12.5. The quantitative estimate of drug-likeness (QED) is 0.667. The Morgan fingerprint density at radius 3 is 2.54 bits per heavy atom.